The summed E-state index contributed by atoms with van der Waals surface area (Å²) in [6.45, 7) is 12.0. The molecule has 3 rings (SSSR count). The summed E-state index contributed by atoms with van der Waals surface area (Å²) in [5.41, 5.74) is 1.35. The number of morpholine rings is 1. The van der Waals surface area contributed by atoms with E-state index in [2.05, 4.69) is 59.3 Å². The number of halogens is 1. The quantitative estimate of drug-likeness (QED) is 0.394. The van der Waals surface area contributed by atoms with Crippen molar-refractivity contribution in [2.24, 2.45) is 10.9 Å². The van der Waals surface area contributed by atoms with Gasteiger partial charge >= 0.3 is 0 Å². The molecule has 1 aromatic rings. The number of aliphatic imine (C=N–C) groups is 1. The summed E-state index contributed by atoms with van der Waals surface area (Å²) in [5, 5.41) is 3.52. The summed E-state index contributed by atoms with van der Waals surface area (Å²) in [4.78, 5) is 10.0. The highest BCUT2D eigenvalue weighted by molar-refractivity contribution is 14.0. The molecule has 2 atom stereocenters. The van der Waals surface area contributed by atoms with Crippen molar-refractivity contribution >= 4 is 29.9 Å². The second-order valence-electron chi connectivity index (χ2n) is 7.46. The Morgan fingerprint density at radius 1 is 1.22 bits per heavy atom. The first-order valence-corrected chi connectivity index (χ1v) is 10.2. The van der Waals surface area contributed by atoms with Crippen LogP contribution in [0.2, 0.25) is 0 Å². The van der Waals surface area contributed by atoms with Crippen LogP contribution in [0, 0.1) is 5.92 Å². The topological polar surface area (TPSA) is 40.1 Å². The Morgan fingerprint density at radius 2 is 1.96 bits per heavy atom. The molecule has 6 heteroatoms. The molecule has 2 saturated heterocycles. The van der Waals surface area contributed by atoms with Gasteiger partial charge in [0.25, 0.3) is 0 Å². The van der Waals surface area contributed by atoms with Crippen LogP contribution in [0.3, 0.4) is 0 Å². The maximum atomic E-state index is 5.56. The Bertz CT molecular complexity index is 563. The van der Waals surface area contributed by atoms with Crippen molar-refractivity contribution < 1.29 is 4.74 Å². The van der Waals surface area contributed by atoms with Crippen LogP contribution in [0.15, 0.2) is 35.3 Å². The van der Waals surface area contributed by atoms with Gasteiger partial charge < -0.3 is 15.0 Å². The van der Waals surface area contributed by atoms with E-state index in [0.717, 1.165) is 64.4 Å². The lowest BCUT2D eigenvalue weighted by molar-refractivity contribution is 0.0179. The molecule has 2 heterocycles. The second kappa shape index (κ2) is 11.9. The molecular formula is C21H35IN4O. The minimum absolute atomic E-state index is 0. The number of hydrogen-bond donors (Lipinski definition) is 1. The van der Waals surface area contributed by atoms with Crippen molar-refractivity contribution in [2.45, 2.75) is 32.7 Å². The normalized spacial score (nSPS) is 22.8. The Kier molecular flexibility index (Phi) is 9.86. The van der Waals surface area contributed by atoms with E-state index in [1.165, 1.54) is 18.4 Å². The lowest BCUT2D eigenvalue weighted by atomic mass is 10.0. The smallest absolute Gasteiger partial charge is 0.193 e. The van der Waals surface area contributed by atoms with Crippen LogP contribution in [-0.2, 0) is 4.74 Å². The van der Waals surface area contributed by atoms with Gasteiger partial charge in [-0.25, -0.2) is 0 Å². The summed E-state index contributed by atoms with van der Waals surface area (Å²) >= 11 is 0. The fraction of sp³-hybridized carbons (Fsp3) is 0.667. The van der Waals surface area contributed by atoms with Gasteiger partial charge in [0.2, 0.25) is 0 Å². The molecule has 2 aliphatic heterocycles. The third-order valence-corrected chi connectivity index (χ3v) is 5.38. The Hall–Kier alpha value is -0.860. The van der Waals surface area contributed by atoms with E-state index in [1.807, 2.05) is 0 Å². The Labute approximate surface area is 181 Å². The van der Waals surface area contributed by atoms with Gasteiger partial charge in [0.1, 0.15) is 0 Å². The van der Waals surface area contributed by atoms with Crippen LogP contribution in [0.1, 0.15) is 38.3 Å². The zero-order valence-corrected chi connectivity index (χ0v) is 19.1. The molecule has 0 radical (unpaired) electrons. The molecule has 0 saturated carbocycles. The van der Waals surface area contributed by atoms with Crippen LogP contribution in [0.5, 0.6) is 0 Å². The number of benzene rings is 1. The van der Waals surface area contributed by atoms with Gasteiger partial charge in [-0.05, 0) is 31.2 Å². The maximum absolute atomic E-state index is 5.56. The van der Waals surface area contributed by atoms with Crippen molar-refractivity contribution in [1.82, 2.24) is 15.1 Å². The molecule has 27 heavy (non-hydrogen) atoms. The predicted octanol–water partition coefficient (Wildman–Crippen LogP) is 3.38. The average molecular weight is 486 g/mol. The molecule has 152 valence electrons. The van der Waals surface area contributed by atoms with E-state index in [1.54, 1.807) is 0 Å². The molecule has 2 aliphatic rings. The highest BCUT2D eigenvalue weighted by Crippen LogP contribution is 2.23. The van der Waals surface area contributed by atoms with Crippen molar-refractivity contribution in [3.8, 4) is 0 Å². The molecule has 1 aromatic carbocycles. The summed E-state index contributed by atoms with van der Waals surface area (Å²) in [6, 6.07) is 11.1. The molecular weight excluding hydrogens is 451 g/mol. The molecule has 0 bridgehead atoms. The minimum atomic E-state index is 0. The van der Waals surface area contributed by atoms with Gasteiger partial charge in [0, 0.05) is 32.7 Å². The number of hydrogen-bond acceptors (Lipinski definition) is 3. The lowest BCUT2D eigenvalue weighted by Crippen LogP contribution is -2.47. The van der Waals surface area contributed by atoms with Gasteiger partial charge in [-0.1, -0.05) is 37.3 Å². The summed E-state index contributed by atoms with van der Waals surface area (Å²) in [5.74, 6) is 1.82. The summed E-state index contributed by atoms with van der Waals surface area (Å²) < 4.78 is 5.56. The third-order valence-electron chi connectivity index (χ3n) is 5.38. The minimum Gasteiger partial charge on any atom is -0.379 e. The molecule has 0 aromatic heterocycles. The first kappa shape index (κ1) is 22.4. The van der Waals surface area contributed by atoms with E-state index in [9.17, 15) is 0 Å². The molecule has 2 fully saturated rings. The van der Waals surface area contributed by atoms with Gasteiger partial charge in [-0.2, -0.15) is 0 Å². The maximum Gasteiger partial charge on any atom is 0.193 e. The van der Waals surface area contributed by atoms with E-state index < -0.39 is 0 Å². The average Bonchev–Trinajstić information content (AvgIpc) is 2.69. The fourth-order valence-electron chi connectivity index (χ4n) is 3.98. The molecule has 0 spiro atoms. The van der Waals surface area contributed by atoms with E-state index in [-0.39, 0.29) is 24.0 Å². The summed E-state index contributed by atoms with van der Waals surface area (Å²) in [6.07, 6.45) is 2.59. The Balaban J connectivity index is 0.00000261. The fourth-order valence-corrected chi connectivity index (χ4v) is 3.98. The largest absolute Gasteiger partial charge is 0.379 e. The van der Waals surface area contributed by atoms with Crippen molar-refractivity contribution in [3.63, 3.8) is 0 Å². The number of ether oxygens (including phenoxy) is 1. The second-order valence-corrected chi connectivity index (χ2v) is 7.46. The van der Waals surface area contributed by atoms with E-state index in [4.69, 9.17) is 9.73 Å². The van der Waals surface area contributed by atoms with Gasteiger partial charge in [-0.3, -0.25) is 9.89 Å². The van der Waals surface area contributed by atoms with Crippen LogP contribution in [0.4, 0.5) is 0 Å². The zero-order chi connectivity index (χ0) is 18.2. The number of nitrogens with zero attached hydrogens (tertiary/aromatic N) is 3. The highest BCUT2D eigenvalue weighted by atomic mass is 127. The van der Waals surface area contributed by atoms with Crippen LogP contribution >= 0.6 is 24.0 Å². The van der Waals surface area contributed by atoms with Crippen molar-refractivity contribution in [3.05, 3.63) is 35.9 Å². The third kappa shape index (κ3) is 6.61. The summed E-state index contributed by atoms with van der Waals surface area (Å²) in [7, 11) is 0. The molecule has 0 aliphatic carbocycles. The van der Waals surface area contributed by atoms with Gasteiger partial charge in [-0.15, -0.1) is 24.0 Å². The number of piperidine rings is 1. The van der Waals surface area contributed by atoms with Gasteiger partial charge in [0.15, 0.2) is 5.96 Å². The van der Waals surface area contributed by atoms with E-state index >= 15 is 0 Å². The van der Waals surface area contributed by atoms with Crippen LogP contribution in [0.25, 0.3) is 0 Å². The Morgan fingerprint density at radius 3 is 2.63 bits per heavy atom. The van der Waals surface area contributed by atoms with Gasteiger partial charge in [0.05, 0.1) is 25.8 Å². The van der Waals surface area contributed by atoms with Crippen molar-refractivity contribution in [2.75, 3.05) is 52.5 Å². The molecule has 2 unspecified atom stereocenters. The highest BCUT2D eigenvalue weighted by Gasteiger charge is 2.24. The molecule has 1 N–H and O–H groups in total. The number of likely N-dealkylation sites (tertiary alicyclic amines) is 1. The number of guanidine groups is 1. The molecule has 0 amide bonds. The first-order chi connectivity index (χ1) is 12.8. The number of nitrogens with one attached hydrogen (secondary N) is 1. The monoisotopic (exact) mass is 486 g/mol. The standard InChI is InChI=1S/C21H34N4O.HI/c1-3-22-21(25-11-7-8-18(2)17-25)23-16-20(19-9-5-4-6-10-19)24-12-14-26-15-13-24;/h4-6,9-10,18,20H,3,7-8,11-17H2,1-2H3,(H,22,23);1H. The van der Waals surface area contributed by atoms with Crippen LogP contribution in [-0.4, -0.2) is 68.2 Å². The molecule has 5 nitrogen and oxygen atoms in total. The lowest BCUT2D eigenvalue weighted by Gasteiger charge is -2.36. The van der Waals surface area contributed by atoms with Crippen molar-refractivity contribution in [1.29, 1.82) is 0 Å². The predicted molar refractivity (Wildman–Crippen MR) is 123 cm³/mol. The van der Waals surface area contributed by atoms with Crippen LogP contribution < -0.4 is 5.32 Å². The van der Waals surface area contributed by atoms with E-state index in [0.29, 0.717) is 6.04 Å². The number of rotatable bonds is 5. The zero-order valence-electron chi connectivity index (χ0n) is 16.8. The SMILES string of the molecule is CCNC(=NCC(c1ccccc1)N1CCOCC1)N1CCCC(C)C1.I. The first-order valence-electron chi connectivity index (χ1n) is 10.2.